The molecule has 32 heavy (non-hydrogen) atoms. The molecule has 168 valence electrons. The van der Waals surface area contributed by atoms with Crippen molar-refractivity contribution in [1.82, 2.24) is 23.8 Å². The third kappa shape index (κ3) is 4.59. The van der Waals surface area contributed by atoms with Crippen LogP contribution in [0.3, 0.4) is 0 Å². The first-order valence-corrected chi connectivity index (χ1v) is 12.3. The molecule has 1 aliphatic rings. The highest BCUT2D eigenvalue weighted by Gasteiger charge is 2.26. The van der Waals surface area contributed by atoms with Gasteiger partial charge in [0, 0.05) is 26.2 Å². The van der Waals surface area contributed by atoms with Crippen LogP contribution in [-0.4, -0.2) is 57.6 Å². The molecule has 13 heteroatoms. The van der Waals surface area contributed by atoms with Crippen molar-refractivity contribution in [3.63, 3.8) is 0 Å². The fraction of sp³-hybridized carbons (Fsp3) is 0.368. The van der Waals surface area contributed by atoms with Gasteiger partial charge in [-0.15, -0.1) is 0 Å². The van der Waals surface area contributed by atoms with Gasteiger partial charge in [-0.3, -0.25) is 4.57 Å². The molecule has 0 aliphatic carbocycles. The van der Waals surface area contributed by atoms with E-state index >= 15 is 0 Å². The maximum absolute atomic E-state index is 11.9. The average Bonchev–Trinajstić information content (AvgIpc) is 3.05. The van der Waals surface area contributed by atoms with E-state index in [0.717, 1.165) is 12.8 Å². The van der Waals surface area contributed by atoms with Crippen LogP contribution in [0.25, 0.3) is 11.2 Å². The molecular weight excluding hydrogens is 475 g/mol. The number of hydrogen-bond acceptors (Lipinski definition) is 8. The largest absolute Gasteiger partial charge is 0.350 e. The first-order valence-electron chi connectivity index (χ1n) is 9.73. The maximum Gasteiger partial charge on any atom is 0.225 e. The highest BCUT2D eigenvalue weighted by Crippen LogP contribution is 2.34. The Labute approximate surface area is 195 Å². The number of nitriles is 1. The quantitative estimate of drug-likeness (QED) is 0.553. The lowest BCUT2D eigenvalue weighted by Gasteiger charge is -2.31. The number of aromatic nitrogens is 4. The second-order valence-corrected chi connectivity index (χ2v) is 10.3. The van der Waals surface area contributed by atoms with Gasteiger partial charge in [-0.1, -0.05) is 23.2 Å². The van der Waals surface area contributed by atoms with Crippen molar-refractivity contribution >= 4 is 62.0 Å². The Kier molecular flexibility index (Phi) is 6.13. The van der Waals surface area contributed by atoms with E-state index < -0.39 is 10.0 Å². The molecule has 1 saturated heterocycles. The summed E-state index contributed by atoms with van der Waals surface area (Å²) >= 11 is 12.5. The molecule has 0 radical (unpaired) electrons. The summed E-state index contributed by atoms with van der Waals surface area (Å²) in [6.07, 6.45) is 4.39. The second-order valence-electron chi connectivity index (χ2n) is 7.55. The van der Waals surface area contributed by atoms with Crippen molar-refractivity contribution in [3.8, 4) is 6.07 Å². The molecule has 2 aromatic heterocycles. The van der Waals surface area contributed by atoms with Crippen LogP contribution < -0.4 is 10.6 Å². The van der Waals surface area contributed by atoms with Crippen LogP contribution in [0.15, 0.2) is 18.3 Å². The normalized spacial score (nSPS) is 17.3. The number of anilines is 3. The van der Waals surface area contributed by atoms with Crippen LogP contribution in [0.2, 0.25) is 10.0 Å². The molecule has 3 aromatic rings. The molecule has 2 N–H and O–H groups in total. The standard InChI is InChI=1S/C19H20Cl2N8O2S/c1-28-17-15(25-19(28)26-16-13(20)6-11(8-22)7-14(16)21)9-23-18(27-17)24-12-4-3-5-29(10-12)32(2,30)31/h6-7,9,12H,3-5,10H2,1-2H3,(H,25,26)(H,23,24,27)/t12-/m1/s1. The van der Waals surface area contributed by atoms with Gasteiger partial charge in [0.2, 0.25) is 21.9 Å². The van der Waals surface area contributed by atoms with Gasteiger partial charge in [-0.25, -0.2) is 22.7 Å². The van der Waals surface area contributed by atoms with Gasteiger partial charge in [-0.05, 0) is 25.0 Å². The summed E-state index contributed by atoms with van der Waals surface area (Å²) in [6.45, 7) is 0.891. The molecule has 3 heterocycles. The van der Waals surface area contributed by atoms with E-state index in [-0.39, 0.29) is 6.04 Å². The van der Waals surface area contributed by atoms with Gasteiger partial charge in [0.1, 0.15) is 5.52 Å². The van der Waals surface area contributed by atoms with Gasteiger partial charge in [-0.2, -0.15) is 10.2 Å². The Balaban J connectivity index is 1.58. The minimum absolute atomic E-state index is 0.0852. The van der Waals surface area contributed by atoms with Crippen molar-refractivity contribution in [2.24, 2.45) is 7.05 Å². The summed E-state index contributed by atoms with van der Waals surface area (Å²) in [4.78, 5) is 13.4. The van der Waals surface area contributed by atoms with Crippen molar-refractivity contribution in [3.05, 3.63) is 33.9 Å². The number of fused-ring (bicyclic) bond motifs is 1. The number of nitrogens with zero attached hydrogens (tertiary/aromatic N) is 6. The van der Waals surface area contributed by atoms with Crippen LogP contribution in [-0.2, 0) is 17.1 Å². The maximum atomic E-state index is 11.9. The lowest BCUT2D eigenvalue weighted by molar-refractivity contribution is 0.328. The zero-order valence-corrected chi connectivity index (χ0v) is 19.6. The van der Waals surface area contributed by atoms with E-state index in [1.807, 2.05) is 6.07 Å². The number of aryl methyl sites for hydroxylation is 1. The van der Waals surface area contributed by atoms with Gasteiger partial charge >= 0.3 is 0 Å². The minimum Gasteiger partial charge on any atom is -0.350 e. The molecule has 0 amide bonds. The first kappa shape index (κ1) is 22.5. The smallest absolute Gasteiger partial charge is 0.225 e. The van der Waals surface area contributed by atoms with Crippen molar-refractivity contribution in [1.29, 1.82) is 5.26 Å². The Bertz CT molecular complexity index is 1310. The van der Waals surface area contributed by atoms with Crippen LogP contribution in [0.4, 0.5) is 17.6 Å². The number of nitrogens with one attached hydrogen (secondary N) is 2. The Hall–Kier alpha value is -2.65. The van der Waals surface area contributed by atoms with Gasteiger partial charge in [0.05, 0.1) is 39.8 Å². The number of piperidine rings is 1. The first-order chi connectivity index (χ1) is 15.2. The van der Waals surface area contributed by atoms with Gasteiger partial charge in [0.25, 0.3) is 0 Å². The number of halogens is 2. The predicted molar refractivity (Wildman–Crippen MR) is 124 cm³/mol. The molecule has 0 saturated carbocycles. The van der Waals surface area contributed by atoms with Crippen LogP contribution in [0, 0.1) is 11.3 Å². The molecule has 1 aliphatic heterocycles. The Morgan fingerprint density at radius 3 is 2.62 bits per heavy atom. The zero-order chi connectivity index (χ0) is 23.0. The van der Waals surface area contributed by atoms with Gasteiger partial charge < -0.3 is 10.6 Å². The summed E-state index contributed by atoms with van der Waals surface area (Å²) < 4.78 is 26.9. The number of rotatable bonds is 5. The third-order valence-electron chi connectivity index (χ3n) is 5.21. The average molecular weight is 495 g/mol. The van der Waals surface area contributed by atoms with E-state index in [1.165, 1.54) is 22.7 Å². The molecule has 10 nitrogen and oxygen atoms in total. The number of imidazole rings is 1. The highest BCUT2D eigenvalue weighted by atomic mass is 35.5. The van der Waals surface area contributed by atoms with E-state index in [1.54, 1.807) is 17.8 Å². The minimum atomic E-state index is -3.24. The summed E-state index contributed by atoms with van der Waals surface area (Å²) in [5, 5.41) is 16.0. The van der Waals surface area contributed by atoms with Crippen molar-refractivity contribution in [2.75, 3.05) is 30.0 Å². The number of hydrogen-bond donors (Lipinski definition) is 2. The SMILES string of the molecule is Cn1c(Nc2c(Cl)cc(C#N)cc2Cl)nc2cnc(N[C@@H]3CCCN(S(C)(=O)=O)C3)nc21. The summed E-state index contributed by atoms with van der Waals surface area (Å²) in [5.74, 6) is 0.836. The Morgan fingerprint density at radius 1 is 1.25 bits per heavy atom. The van der Waals surface area contributed by atoms with Crippen LogP contribution in [0.1, 0.15) is 18.4 Å². The molecule has 4 rings (SSSR count). The number of sulfonamides is 1. The third-order valence-corrected chi connectivity index (χ3v) is 7.07. The van der Waals surface area contributed by atoms with E-state index in [0.29, 0.717) is 57.4 Å². The fourth-order valence-electron chi connectivity index (χ4n) is 3.58. The fourth-order valence-corrected chi connectivity index (χ4v) is 5.07. The van der Waals surface area contributed by atoms with E-state index in [4.69, 9.17) is 28.5 Å². The summed E-state index contributed by atoms with van der Waals surface area (Å²) in [7, 11) is -1.46. The number of benzene rings is 1. The summed E-state index contributed by atoms with van der Waals surface area (Å²) in [5.41, 5.74) is 1.92. The molecule has 1 aromatic carbocycles. The predicted octanol–water partition coefficient (Wildman–Crippen LogP) is 3.12. The zero-order valence-electron chi connectivity index (χ0n) is 17.3. The monoisotopic (exact) mass is 494 g/mol. The molecule has 1 fully saturated rings. The molecule has 0 spiro atoms. The summed E-state index contributed by atoms with van der Waals surface area (Å²) in [6, 6.07) is 4.95. The highest BCUT2D eigenvalue weighted by molar-refractivity contribution is 7.88. The van der Waals surface area contributed by atoms with E-state index in [9.17, 15) is 8.42 Å². The lowest BCUT2D eigenvalue weighted by atomic mass is 10.1. The van der Waals surface area contributed by atoms with Crippen LogP contribution >= 0.6 is 23.2 Å². The van der Waals surface area contributed by atoms with Gasteiger partial charge in [0.15, 0.2) is 5.65 Å². The molecule has 1 atom stereocenters. The van der Waals surface area contributed by atoms with Crippen molar-refractivity contribution in [2.45, 2.75) is 18.9 Å². The van der Waals surface area contributed by atoms with Crippen molar-refractivity contribution < 1.29 is 8.42 Å². The lowest BCUT2D eigenvalue weighted by Crippen LogP contribution is -2.44. The van der Waals surface area contributed by atoms with E-state index in [2.05, 4.69) is 25.6 Å². The molecule has 0 bridgehead atoms. The molecule has 0 unspecified atom stereocenters. The second kappa shape index (κ2) is 8.71. The van der Waals surface area contributed by atoms with Crippen LogP contribution in [0.5, 0.6) is 0 Å². The topological polar surface area (TPSA) is 129 Å². The Morgan fingerprint density at radius 2 is 1.97 bits per heavy atom. The molecular formula is C19H20Cl2N8O2S.